The Morgan fingerprint density at radius 2 is 2.00 bits per heavy atom. The van der Waals surface area contributed by atoms with Crippen LogP contribution in [-0.2, 0) is 4.74 Å². The predicted molar refractivity (Wildman–Crippen MR) is 81.4 cm³/mol. The fourth-order valence-electron chi connectivity index (χ4n) is 4.05. The van der Waals surface area contributed by atoms with Crippen LogP contribution < -0.4 is 5.32 Å². The SMILES string of the molecule is CCNC(CC1CCCCO1)C1CCCC(CC)C1. The van der Waals surface area contributed by atoms with Crippen molar-refractivity contribution >= 4 is 0 Å². The second kappa shape index (κ2) is 8.26. The van der Waals surface area contributed by atoms with E-state index >= 15 is 0 Å². The van der Waals surface area contributed by atoms with E-state index in [1.54, 1.807) is 0 Å². The van der Waals surface area contributed by atoms with Gasteiger partial charge in [0.15, 0.2) is 0 Å². The minimum absolute atomic E-state index is 0.528. The summed E-state index contributed by atoms with van der Waals surface area (Å²) in [4.78, 5) is 0. The first kappa shape index (κ1) is 15.3. The molecular weight excluding hydrogens is 234 g/mol. The molecule has 0 spiro atoms. The number of nitrogens with one attached hydrogen (secondary N) is 1. The van der Waals surface area contributed by atoms with Gasteiger partial charge in [0.2, 0.25) is 0 Å². The lowest BCUT2D eigenvalue weighted by Crippen LogP contribution is -2.42. The van der Waals surface area contributed by atoms with Gasteiger partial charge >= 0.3 is 0 Å². The minimum atomic E-state index is 0.528. The molecule has 1 aliphatic carbocycles. The van der Waals surface area contributed by atoms with E-state index in [-0.39, 0.29) is 0 Å². The topological polar surface area (TPSA) is 21.3 Å². The number of hydrogen-bond acceptors (Lipinski definition) is 2. The molecule has 4 unspecified atom stereocenters. The summed E-state index contributed by atoms with van der Waals surface area (Å²) in [6, 6.07) is 0.697. The van der Waals surface area contributed by atoms with Gasteiger partial charge in [-0.1, -0.05) is 33.1 Å². The Morgan fingerprint density at radius 3 is 2.68 bits per heavy atom. The average molecular weight is 267 g/mol. The van der Waals surface area contributed by atoms with Crippen LogP contribution in [0.2, 0.25) is 0 Å². The van der Waals surface area contributed by atoms with E-state index in [4.69, 9.17) is 4.74 Å². The normalized spacial score (nSPS) is 34.1. The minimum Gasteiger partial charge on any atom is -0.378 e. The van der Waals surface area contributed by atoms with Gasteiger partial charge in [-0.25, -0.2) is 0 Å². The monoisotopic (exact) mass is 267 g/mol. The van der Waals surface area contributed by atoms with E-state index in [0.717, 1.165) is 25.0 Å². The van der Waals surface area contributed by atoms with Gasteiger partial charge in [0.1, 0.15) is 0 Å². The summed E-state index contributed by atoms with van der Waals surface area (Å²) in [5.74, 6) is 1.87. The molecule has 0 aromatic carbocycles. The summed E-state index contributed by atoms with van der Waals surface area (Å²) in [5, 5.41) is 3.76. The largest absolute Gasteiger partial charge is 0.378 e. The van der Waals surface area contributed by atoms with Crippen molar-refractivity contribution in [2.75, 3.05) is 13.2 Å². The Labute approximate surface area is 119 Å². The molecule has 2 nitrogen and oxygen atoms in total. The molecule has 0 aromatic heterocycles. The van der Waals surface area contributed by atoms with Gasteiger partial charge in [-0.15, -0.1) is 0 Å². The Kier molecular flexibility index (Phi) is 6.66. The van der Waals surface area contributed by atoms with Crippen LogP contribution in [0.4, 0.5) is 0 Å². The van der Waals surface area contributed by atoms with Crippen molar-refractivity contribution in [3.8, 4) is 0 Å². The maximum absolute atomic E-state index is 5.96. The number of rotatable bonds is 6. The summed E-state index contributed by atoms with van der Waals surface area (Å²) in [7, 11) is 0. The first-order valence-electron chi connectivity index (χ1n) is 8.68. The fraction of sp³-hybridized carbons (Fsp3) is 1.00. The third kappa shape index (κ3) is 4.75. The van der Waals surface area contributed by atoms with Crippen molar-refractivity contribution in [3.63, 3.8) is 0 Å². The zero-order valence-corrected chi connectivity index (χ0v) is 13.0. The van der Waals surface area contributed by atoms with E-state index < -0.39 is 0 Å². The second-order valence-electron chi connectivity index (χ2n) is 6.59. The molecule has 2 heteroatoms. The zero-order valence-electron chi connectivity index (χ0n) is 13.0. The third-order valence-corrected chi connectivity index (χ3v) is 5.23. The van der Waals surface area contributed by atoms with Gasteiger partial charge in [0.25, 0.3) is 0 Å². The summed E-state index contributed by atoms with van der Waals surface area (Å²) in [5.41, 5.74) is 0. The van der Waals surface area contributed by atoms with Gasteiger partial charge in [0.05, 0.1) is 6.10 Å². The van der Waals surface area contributed by atoms with Crippen molar-refractivity contribution in [1.29, 1.82) is 0 Å². The Hall–Kier alpha value is -0.0800. The summed E-state index contributed by atoms with van der Waals surface area (Å²) < 4.78 is 5.96. The number of ether oxygens (including phenoxy) is 1. The van der Waals surface area contributed by atoms with E-state index in [2.05, 4.69) is 19.2 Å². The van der Waals surface area contributed by atoms with E-state index in [1.807, 2.05) is 0 Å². The molecule has 2 rings (SSSR count). The lowest BCUT2D eigenvalue weighted by Gasteiger charge is -2.37. The molecular formula is C17H33NO. The van der Waals surface area contributed by atoms with Crippen LogP contribution >= 0.6 is 0 Å². The Morgan fingerprint density at radius 1 is 1.11 bits per heavy atom. The molecule has 0 aromatic rings. The van der Waals surface area contributed by atoms with E-state index in [0.29, 0.717) is 12.1 Å². The Balaban J connectivity index is 1.86. The molecule has 19 heavy (non-hydrogen) atoms. The summed E-state index contributed by atoms with van der Waals surface area (Å²) in [6.45, 7) is 6.70. The lowest BCUT2D eigenvalue weighted by atomic mass is 9.75. The van der Waals surface area contributed by atoms with Crippen LogP contribution in [0.5, 0.6) is 0 Å². The van der Waals surface area contributed by atoms with Crippen molar-refractivity contribution in [1.82, 2.24) is 5.32 Å². The van der Waals surface area contributed by atoms with Crippen LogP contribution in [-0.4, -0.2) is 25.3 Å². The van der Waals surface area contributed by atoms with Crippen LogP contribution in [0.15, 0.2) is 0 Å². The smallest absolute Gasteiger partial charge is 0.0590 e. The molecule has 1 aliphatic heterocycles. The molecule has 0 amide bonds. The van der Waals surface area contributed by atoms with Crippen LogP contribution in [0.25, 0.3) is 0 Å². The molecule has 2 aliphatic rings. The summed E-state index contributed by atoms with van der Waals surface area (Å²) in [6.07, 6.45) is 12.8. The van der Waals surface area contributed by atoms with Crippen molar-refractivity contribution in [2.24, 2.45) is 11.8 Å². The van der Waals surface area contributed by atoms with E-state index in [1.165, 1.54) is 57.8 Å². The van der Waals surface area contributed by atoms with E-state index in [9.17, 15) is 0 Å². The van der Waals surface area contributed by atoms with Gasteiger partial charge in [0, 0.05) is 12.6 Å². The molecule has 2 fully saturated rings. The highest BCUT2D eigenvalue weighted by Crippen LogP contribution is 2.34. The predicted octanol–water partition coefficient (Wildman–Crippen LogP) is 4.14. The molecule has 1 heterocycles. The van der Waals surface area contributed by atoms with Crippen molar-refractivity contribution < 1.29 is 4.74 Å². The van der Waals surface area contributed by atoms with Gasteiger partial charge < -0.3 is 10.1 Å². The second-order valence-corrected chi connectivity index (χ2v) is 6.59. The lowest BCUT2D eigenvalue weighted by molar-refractivity contribution is -0.00141. The molecule has 1 saturated carbocycles. The van der Waals surface area contributed by atoms with Crippen molar-refractivity contribution in [2.45, 2.75) is 83.8 Å². The van der Waals surface area contributed by atoms with Gasteiger partial charge in [-0.3, -0.25) is 0 Å². The first-order chi connectivity index (χ1) is 9.33. The molecule has 0 radical (unpaired) electrons. The van der Waals surface area contributed by atoms with Gasteiger partial charge in [-0.05, 0) is 56.9 Å². The molecule has 4 atom stereocenters. The third-order valence-electron chi connectivity index (χ3n) is 5.23. The zero-order chi connectivity index (χ0) is 13.5. The van der Waals surface area contributed by atoms with Gasteiger partial charge in [-0.2, -0.15) is 0 Å². The maximum atomic E-state index is 5.96. The fourth-order valence-corrected chi connectivity index (χ4v) is 4.05. The number of hydrogen-bond donors (Lipinski definition) is 1. The molecule has 0 bridgehead atoms. The quantitative estimate of drug-likeness (QED) is 0.781. The highest BCUT2D eigenvalue weighted by molar-refractivity contribution is 4.84. The molecule has 112 valence electrons. The highest BCUT2D eigenvalue weighted by atomic mass is 16.5. The highest BCUT2D eigenvalue weighted by Gasteiger charge is 2.29. The summed E-state index contributed by atoms with van der Waals surface area (Å²) >= 11 is 0. The average Bonchev–Trinajstić information content (AvgIpc) is 2.48. The first-order valence-corrected chi connectivity index (χ1v) is 8.68. The molecule has 1 saturated heterocycles. The van der Waals surface area contributed by atoms with Crippen LogP contribution in [0.3, 0.4) is 0 Å². The van der Waals surface area contributed by atoms with Crippen LogP contribution in [0.1, 0.15) is 71.6 Å². The Bertz CT molecular complexity index is 237. The van der Waals surface area contributed by atoms with Crippen LogP contribution in [0, 0.1) is 11.8 Å². The maximum Gasteiger partial charge on any atom is 0.0590 e. The molecule has 1 N–H and O–H groups in total. The van der Waals surface area contributed by atoms with Crippen molar-refractivity contribution in [3.05, 3.63) is 0 Å². The standard InChI is InChI=1S/C17H33NO/c1-3-14-8-7-9-15(12-14)17(18-4-2)13-16-10-5-6-11-19-16/h14-18H,3-13H2,1-2H3.